The second-order valence-corrected chi connectivity index (χ2v) is 2.72. The molecule has 5 heteroatoms. The monoisotopic (exact) mass is 221 g/mol. The first-order chi connectivity index (χ1) is 5.40. The highest BCUT2D eigenvalue weighted by Crippen LogP contribution is 2.10. The number of nitrogens with zero attached hydrogens (tertiary/aromatic N) is 2. The molecule has 2 heterocycles. The number of nitrogens with one attached hydrogen (secondary N) is 1. The van der Waals surface area contributed by atoms with E-state index in [0.29, 0.717) is 0 Å². The Bertz CT molecular complexity index is 278. The second-order valence-electron chi connectivity index (χ2n) is 2.72. The number of hydrogen-bond acceptors (Lipinski definition) is 3. The maximum Gasteiger partial charge on any atom is 0.128 e. The first-order valence-electron chi connectivity index (χ1n) is 3.94. The fourth-order valence-electron chi connectivity index (χ4n) is 1.27. The van der Waals surface area contributed by atoms with E-state index < -0.39 is 0 Å². The van der Waals surface area contributed by atoms with Gasteiger partial charge in [0.2, 0.25) is 0 Å². The molecule has 74 valence electrons. The average molecular weight is 222 g/mol. The Kier molecular flexibility index (Phi) is 5.21. The lowest BCUT2D eigenvalue weighted by Crippen LogP contribution is -2.00. The van der Waals surface area contributed by atoms with Gasteiger partial charge >= 0.3 is 0 Å². The summed E-state index contributed by atoms with van der Waals surface area (Å²) >= 11 is 0. The van der Waals surface area contributed by atoms with Crippen LogP contribution < -0.4 is 5.32 Å². The normalized spacial score (nSPS) is 12.7. The Morgan fingerprint density at radius 3 is 2.85 bits per heavy atom. The summed E-state index contributed by atoms with van der Waals surface area (Å²) in [6.07, 6.45) is 2.86. The molecule has 1 aromatic rings. The van der Waals surface area contributed by atoms with Crippen LogP contribution in [-0.4, -0.2) is 9.97 Å². The van der Waals surface area contributed by atoms with Crippen LogP contribution in [-0.2, 0) is 19.5 Å². The van der Waals surface area contributed by atoms with Crippen molar-refractivity contribution in [1.29, 1.82) is 0 Å². The van der Waals surface area contributed by atoms with Gasteiger partial charge in [-0.2, -0.15) is 0 Å². The zero-order valence-corrected chi connectivity index (χ0v) is 9.04. The summed E-state index contributed by atoms with van der Waals surface area (Å²) in [5.41, 5.74) is 2.43. The minimum atomic E-state index is 0. The zero-order chi connectivity index (χ0) is 7.68. The van der Waals surface area contributed by atoms with Crippen LogP contribution in [0.15, 0.2) is 6.20 Å². The van der Waals surface area contributed by atoms with E-state index in [-0.39, 0.29) is 24.8 Å². The van der Waals surface area contributed by atoms with Crippen molar-refractivity contribution in [3.8, 4) is 0 Å². The van der Waals surface area contributed by atoms with Crippen LogP contribution >= 0.6 is 24.8 Å². The van der Waals surface area contributed by atoms with Crippen molar-refractivity contribution in [2.45, 2.75) is 26.4 Å². The van der Waals surface area contributed by atoms with Gasteiger partial charge in [0, 0.05) is 31.3 Å². The molecule has 0 bridgehead atoms. The number of fused-ring (bicyclic) bond motifs is 1. The van der Waals surface area contributed by atoms with Crippen LogP contribution in [0.5, 0.6) is 0 Å². The van der Waals surface area contributed by atoms with Crippen LogP contribution in [0.3, 0.4) is 0 Å². The van der Waals surface area contributed by atoms with Crippen molar-refractivity contribution >= 4 is 24.8 Å². The van der Waals surface area contributed by atoms with Gasteiger partial charge in [-0.25, -0.2) is 9.97 Å². The summed E-state index contributed by atoms with van der Waals surface area (Å²) in [4.78, 5) is 8.62. The second kappa shape index (κ2) is 5.37. The van der Waals surface area contributed by atoms with Crippen molar-refractivity contribution in [2.24, 2.45) is 0 Å². The van der Waals surface area contributed by atoms with Crippen LogP contribution in [0.1, 0.15) is 24.0 Å². The molecule has 1 N–H and O–H groups in total. The van der Waals surface area contributed by atoms with Gasteiger partial charge in [-0.3, -0.25) is 0 Å². The first kappa shape index (κ1) is 12.6. The van der Waals surface area contributed by atoms with E-state index in [4.69, 9.17) is 0 Å². The highest BCUT2D eigenvalue weighted by atomic mass is 35.5. The predicted octanol–water partition coefficient (Wildman–Crippen LogP) is 1.49. The van der Waals surface area contributed by atoms with Crippen LogP contribution in [0.4, 0.5) is 0 Å². The molecule has 2 rings (SSSR count). The van der Waals surface area contributed by atoms with Gasteiger partial charge in [0.15, 0.2) is 0 Å². The van der Waals surface area contributed by atoms with E-state index in [2.05, 4.69) is 22.2 Å². The molecule has 0 saturated carbocycles. The van der Waals surface area contributed by atoms with Crippen LogP contribution in [0.2, 0.25) is 0 Å². The Labute approximate surface area is 90.2 Å². The molecule has 0 aromatic carbocycles. The summed E-state index contributed by atoms with van der Waals surface area (Å²) in [5, 5.41) is 3.24. The number of hydrogen-bond donors (Lipinski definition) is 1. The quantitative estimate of drug-likeness (QED) is 0.782. The average Bonchev–Trinajstić information content (AvgIpc) is 2.50. The van der Waals surface area contributed by atoms with Crippen LogP contribution in [0, 0.1) is 0 Å². The van der Waals surface area contributed by atoms with E-state index in [0.717, 1.165) is 25.3 Å². The third kappa shape index (κ3) is 2.53. The number of rotatable bonds is 1. The van der Waals surface area contributed by atoms with Gasteiger partial charge in [0.1, 0.15) is 5.82 Å². The van der Waals surface area contributed by atoms with E-state index >= 15 is 0 Å². The van der Waals surface area contributed by atoms with Gasteiger partial charge in [-0.15, -0.1) is 24.8 Å². The third-order valence-electron chi connectivity index (χ3n) is 1.93. The van der Waals surface area contributed by atoms with Gasteiger partial charge in [0.25, 0.3) is 0 Å². The minimum Gasteiger partial charge on any atom is -0.307 e. The van der Waals surface area contributed by atoms with E-state index in [1.165, 1.54) is 11.3 Å². The largest absolute Gasteiger partial charge is 0.307 e. The minimum absolute atomic E-state index is 0. The van der Waals surface area contributed by atoms with Crippen LogP contribution in [0.25, 0.3) is 0 Å². The molecule has 0 aliphatic carbocycles. The summed E-state index contributed by atoms with van der Waals surface area (Å²) < 4.78 is 0. The lowest BCUT2D eigenvalue weighted by atomic mass is 10.3. The van der Waals surface area contributed by atoms with Crippen molar-refractivity contribution in [1.82, 2.24) is 15.3 Å². The van der Waals surface area contributed by atoms with Crippen molar-refractivity contribution in [3.63, 3.8) is 0 Å². The molecule has 0 saturated heterocycles. The molecule has 0 amide bonds. The molecule has 0 fully saturated rings. The molecule has 0 unspecified atom stereocenters. The molecule has 0 spiro atoms. The smallest absolute Gasteiger partial charge is 0.128 e. The fourth-order valence-corrected chi connectivity index (χ4v) is 1.27. The molecule has 1 aliphatic heterocycles. The van der Waals surface area contributed by atoms with Crippen molar-refractivity contribution in [2.75, 3.05) is 0 Å². The van der Waals surface area contributed by atoms with E-state index in [9.17, 15) is 0 Å². The van der Waals surface area contributed by atoms with Crippen molar-refractivity contribution < 1.29 is 0 Å². The van der Waals surface area contributed by atoms with Crippen molar-refractivity contribution in [3.05, 3.63) is 23.3 Å². The Balaban J connectivity index is 0.000000720. The Hall–Kier alpha value is -0.380. The molecule has 3 nitrogen and oxygen atoms in total. The molecular weight excluding hydrogens is 209 g/mol. The number of aryl methyl sites for hydroxylation is 1. The summed E-state index contributed by atoms with van der Waals surface area (Å²) in [6.45, 7) is 3.91. The lowest BCUT2D eigenvalue weighted by molar-refractivity contribution is 0.755. The summed E-state index contributed by atoms with van der Waals surface area (Å²) in [6, 6.07) is 0. The molecule has 1 aromatic heterocycles. The highest BCUT2D eigenvalue weighted by molar-refractivity contribution is 5.85. The predicted molar refractivity (Wildman–Crippen MR) is 56.4 cm³/mol. The Morgan fingerprint density at radius 1 is 1.38 bits per heavy atom. The van der Waals surface area contributed by atoms with Gasteiger partial charge in [0.05, 0.1) is 5.69 Å². The zero-order valence-electron chi connectivity index (χ0n) is 7.41. The standard InChI is InChI=1S/C8H11N3.2ClH/c1-2-8-10-4-6-3-9-5-7(6)11-8;;/h4,9H,2-3,5H2,1H3;2*1H. The van der Waals surface area contributed by atoms with Gasteiger partial charge in [-0.1, -0.05) is 6.92 Å². The van der Waals surface area contributed by atoms with Gasteiger partial charge < -0.3 is 5.32 Å². The highest BCUT2D eigenvalue weighted by Gasteiger charge is 2.11. The number of aromatic nitrogens is 2. The maximum atomic E-state index is 4.40. The molecule has 13 heavy (non-hydrogen) atoms. The fraction of sp³-hybridized carbons (Fsp3) is 0.500. The molecule has 0 atom stereocenters. The topological polar surface area (TPSA) is 37.8 Å². The number of halogens is 2. The Morgan fingerprint density at radius 2 is 2.15 bits per heavy atom. The van der Waals surface area contributed by atoms with Gasteiger partial charge in [-0.05, 0) is 0 Å². The molecule has 1 aliphatic rings. The SMILES string of the molecule is CCc1ncc2c(n1)CNC2.Cl.Cl. The third-order valence-corrected chi connectivity index (χ3v) is 1.93. The van der Waals surface area contributed by atoms with E-state index in [1.807, 2.05) is 6.20 Å². The summed E-state index contributed by atoms with van der Waals surface area (Å²) in [5.74, 6) is 0.951. The first-order valence-corrected chi connectivity index (χ1v) is 3.94. The lowest BCUT2D eigenvalue weighted by Gasteiger charge is -1.97. The van der Waals surface area contributed by atoms with E-state index in [1.54, 1.807) is 0 Å². The molecule has 0 radical (unpaired) electrons. The molecular formula is C8H13Cl2N3. The summed E-state index contributed by atoms with van der Waals surface area (Å²) in [7, 11) is 0. The maximum absolute atomic E-state index is 4.40.